The van der Waals surface area contributed by atoms with Crippen LogP contribution in [0.25, 0.3) is 0 Å². The summed E-state index contributed by atoms with van der Waals surface area (Å²) in [7, 11) is 4.06. The number of benzene rings is 4. The Morgan fingerprint density at radius 2 is 0.917 bits per heavy atom. The summed E-state index contributed by atoms with van der Waals surface area (Å²) in [5.41, 5.74) is 6.61. The zero-order valence-electron chi connectivity index (χ0n) is 28.6. The maximum atomic E-state index is 10.5. The van der Waals surface area contributed by atoms with Crippen LogP contribution in [0.3, 0.4) is 0 Å². The van der Waals surface area contributed by atoms with Gasteiger partial charge in [0.2, 0.25) is 0 Å². The average molecular weight is 649 g/mol. The molecule has 2 N–H and O–H groups in total. The Morgan fingerprint density at radius 1 is 0.542 bits per heavy atom. The van der Waals surface area contributed by atoms with E-state index >= 15 is 0 Å². The van der Waals surface area contributed by atoms with Crippen LogP contribution < -0.4 is 19.6 Å². The molecule has 4 aromatic carbocycles. The first-order valence-corrected chi connectivity index (χ1v) is 17.0. The molecule has 0 aliphatic carbocycles. The standard InChI is InChI=1S/C38H48N8O2/c1-5-7-21-43(3)33-17-19-35(37(47)27-33)41-39-29-9-13-31(14-10-29)45-23-25-46(26-24-45)32-15-11-30(12-16-32)40-42-36-20-18-34(28-38(36)48)44(4)22-8-6-2/h9-20,27-28,47-48H,5-8,21-26H2,1-4H3. The second-order valence-corrected chi connectivity index (χ2v) is 12.3. The van der Waals surface area contributed by atoms with Crippen molar-refractivity contribution in [1.82, 2.24) is 0 Å². The molecule has 252 valence electrons. The van der Waals surface area contributed by atoms with Gasteiger partial charge in [0.25, 0.3) is 0 Å². The minimum Gasteiger partial charge on any atom is -0.506 e. The second kappa shape index (κ2) is 16.6. The van der Waals surface area contributed by atoms with Gasteiger partial charge in [-0.1, -0.05) is 26.7 Å². The van der Waals surface area contributed by atoms with E-state index in [2.05, 4.69) is 78.2 Å². The highest BCUT2D eigenvalue weighted by atomic mass is 16.3. The molecule has 0 bridgehead atoms. The van der Waals surface area contributed by atoms with Crippen molar-refractivity contribution in [2.75, 3.05) is 73.0 Å². The average Bonchev–Trinajstić information content (AvgIpc) is 3.12. The first kappa shape index (κ1) is 34.2. The van der Waals surface area contributed by atoms with Crippen molar-refractivity contribution in [2.45, 2.75) is 39.5 Å². The molecule has 10 heteroatoms. The molecule has 0 amide bonds. The Kier molecular flexibility index (Phi) is 11.9. The van der Waals surface area contributed by atoms with E-state index in [1.807, 2.05) is 62.6 Å². The molecule has 0 saturated carbocycles. The van der Waals surface area contributed by atoms with Gasteiger partial charge in [-0.05, 0) is 85.6 Å². The lowest BCUT2D eigenvalue weighted by Crippen LogP contribution is -2.46. The molecule has 1 saturated heterocycles. The van der Waals surface area contributed by atoms with Crippen LogP contribution in [0.2, 0.25) is 0 Å². The third-order valence-electron chi connectivity index (χ3n) is 8.75. The lowest BCUT2D eigenvalue weighted by atomic mass is 10.2. The number of unbranched alkanes of at least 4 members (excludes halogenated alkanes) is 2. The van der Waals surface area contributed by atoms with E-state index in [0.29, 0.717) is 11.4 Å². The monoisotopic (exact) mass is 648 g/mol. The van der Waals surface area contributed by atoms with Crippen LogP contribution >= 0.6 is 0 Å². The number of aromatic hydroxyl groups is 2. The number of anilines is 4. The summed E-state index contributed by atoms with van der Waals surface area (Å²) in [6.45, 7) is 9.83. The van der Waals surface area contributed by atoms with Crippen LogP contribution in [-0.4, -0.2) is 63.6 Å². The molecule has 1 aliphatic heterocycles. The van der Waals surface area contributed by atoms with Crippen LogP contribution in [-0.2, 0) is 0 Å². The lowest BCUT2D eigenvalue weighted by molar-refractivity contribution is 0.476. The van der Waals surface area contributed by atoms with Crippen LogP contribution in [0.5, 0.6) is 11.5 Å². The molecule has 1 fully saturated rings. The fourth-order valence-electron chi connectivity index (χ4n) is 5.62. The highest BCUT2D eigenvalue weighted by Crippen LogP contribution is 2.34. The topological polar surface area (TPSA) is 103 Å². The number of hydrogen-bond donors (Lipinski definition) is 2. The first-order chi connectivity index (χ1) is 23.3. The minimum atomic E-state index is 0.125. The summed E-state index contributed by atoms with van der Waals surface area (Å²) < 4.78 is 0. The van der Waals surface area contributed by atoms with E-state index in [1.165, 1.54) is 0 Å². The Labute approximate surface area is 284 Å². The number of phenolic OH excluding ortho intramolecular Hbond substituents is 2. The summed E-state index contributed by atoms with van der Waals surface area (Å²) in [6, 6.07) is 27.2. The molecule has 0 spiro atoms. The van der Waals surface area contributed by atoms with Crippen LogP contribution in [0.4, 0.5) is 45.5 Å². The van der Waals surface area contributed by atoms with Gasteiger partial charge in [-0.2, -0.15) is 10.2 Å². The number of hydrogen-bond acceptors (Lipinski definition) is 10. The highest BCUT2D eigenvalue weighted by molar-refractivity contribution is 5.63. The normalized spacial score (nSPS) is 13.5. The molecule has 0 atom stereocenters. The molecular formula is C38H48N8O2. The predicted octanol–water partition coefficient (Wildman–Crippen LogP) is 9.73. The molecule has 0 radical (unpaired) electrons. The van der Waals surface area contributed by atoms with Gasteiger partial charge in [0.1, 0.15) is 22.9 Å². The Hall–Kier alpha value is -5.12. The fraction of sp³-hybridized carbons (Fsp3) is 0.368. The summed E-state index contributed by atoms with van der Waals surface area (Å²) in [4.78, 5) is 9.02. The molecule has 4 aromatic rings. The Bertz CT molecular complexity index is 1540. The molecule has 5 rings (SSSR count). The van der Waals surface area contributed by atoms with Crippen molar-refractivity contribution < 1.29 is 10.2 Å². The van der Waals surface area contributed by atoms with Crippen molar-refractivity contribution >= 4 is 45.5 Å². The lowest BCUT2D eigenvalue weighted by Gasteiger charge is -2.37. The zero-order chi connectivity index (χ0) is 33.9. The van der Waals surface area contributed by atoms with Gasteiger partial charge in [0, 0.05) is 88.2 Å². The SMILES string of the molecule is CCCCN(C)c1ccc(N=Nc2ccc(N3CCN(c4ccc(N=Nc5ccc(N(C)CCCC)cc5O)cc4)CC3)cc2)c(O)c1. The van der Waals surface area contributed by atoms with Crippen molar-refractivity contribution in [3.05, 3.63) is 84.9 Å². The van der Waals surface area contributed by atoms with Crippen molar-refractivity contribution in [3.63, 3.8) is 0 Å². The second-order valence-electron chi connectivity index (χ2n) is 12.3. The van der Waals surface area contributed by atoms with E-state index in [-0.39, 0.29) is 11.5 Å². The Morgan fingerprint density at radius 3 is 1.25 bits per heavy atom. The minimum absolute atomic E-state index is 0.125. The quantitative estimate of drug-likeness (QED) is 0.132. The van der Waals surface area contributed by atoms with E-state index in [9.17, 15) is 10.2 Å². The molecule has 1 heterocycles. The largest absolute Gasteiger partial charge is 0.506 e. The summed E-state index contributed by atoms with van der Waals surface area (Å²) in [5.74, 6) is 0.251. The fourth-order valence-corrected chi connectivity index (χ4v) is 5.62. The van der Waals surface area contributed by atoms with Crippen LogP contribution in [0.15, 0.2) is 105 Å². The summed E-state index contributed by atoms with van der Waals surface area (Å²) in [5, 5.41) is 38.3. The van der Waals surface area contributed by atoms with Gasteiger partial charge in [-0.3, -0.25) is 0 Å². The van der Waals surface area contributed by atoms with Crippen molar-refractivity contribution in [2.24, 2.45) is 20.5 Å². The third kappa shape index (κ3) is 9.02. The number of azo groups is 2. The van der Waals surface area contributed by atoms with Crippen molar-refractivity contribution in [3.8, 4) is 11.5 Å². The molecule has 1 aliphatic rings. The van der Waals surface area contributed by atoms with E-state index < -0.39 is 0 Å². The van der Waals surface area contributed by atoms with E-state index in [4.69, 9.17) is 0 Å². The summed E-state index contributed by atoms with van der Waals surface area (Å²) >= 11 is 0. The first-order valence-electron chi connectivity index (χ1n) is 17.0. The van der Waals surface area contributed by atoms with E-state index in [0.717, 1.165) is 99.1 Å². The van der Waals surface area contributed by atoms with Gasteiger partial charge in [0.05, 0.1) is 11.4 Å². The van der Waals surface area contributed by atoms with Crippen LogP contribution in [0, 0.1) is 0 Å². The van der Waals surface area contributed by atoms with Gasteiger partial charge in [0.15, 0.2) is 0 Å². The van der Waals surface area contributed by atoms with E-state index in [1.54, 1.807) is 12.1 Å². The maximum absolute atomic E-state index is 10.5. The predicted molar refractivity (Wildman–Crippen MR) is 198 cm³/mol. The molecular weight excluding hydrogens is 600 g/mol. The smallest absolute Gasteiger partial charge is 0.145 e. The molecule has 10 nitrogen and oxygen atoms in total. The van der Waals surface area contributed by atoms with Crippen molar-refractivity contribution in [1.29, 1.82) is 0 Å². The number of phenols is 2. The maximum Gasteiger partial charge on any atom is 0.145 e. The van der Waals surface area contributed by atoms with Gasteiger partial charge in [-0.25, -0.2) is 0 Å². The summed E-state index contributed by atoms with van der Waals surface area (Å²) in [6.07, 6.45) is 4.47. The van der Waals surface area contributed by atoms with Gasteiger partial charge < -0.3 is 29.8 Å². The zero-order valence-corrected chi connectivity index (χ0v) is 28.6. The third-order valence-corrected chi connectivity index (χ3v) is 8.75. The van der Waals surface area contributed by atoms with Gasteiger partial charge >= 0.3 is 0 Å². The molecule has 48 heavy (non-hydrogen) atoms. The Balaban J connectivity index is 1.11. The highest BCUT2D eigenvalue weighted by Gasteiger charge is 2.18. The number of piperazine rings is 1. The number of rotatable bonds is 14. The number of nitrogens with zero attached hydrogens (tertiary/aromatic N) is 8. The molecule has 0 unspecified atom stereocenters. The van der Waals surface area contributed by atoms with Crippen LogP contribution in [0.1, 0.15) is 39.5 Å². The van der Waals surface area contributed by atoms with Gasteiger partial charge in [-0.15, -0.1) is 10.2 Å². The molecule has 0 aromatic heterocycles.